The monoisotopic (exact) mass is 331 g/mol. The lowest BCUT2D eigenvalue weighted by Gasteiger charge is -2.39. The lowest BCUT2D eigenvalue weighted by Crippen LogP contribution is -2.42. The summed E-state index contributed by atoms with van der Waals surface area (Å²) >= 11 is 3.45. The summed E-state index contributed by atoms with van der Waals surface area (Å²) in [5, 5.41) is 13.6. The van der Waals surface area contributed by atoms with Crippen molar-refractivity contribution in [2.24, 2.45) is 0 Å². The second-order valence-electron chi connectivity index (χ2n) is 5.38. The van der Waals surface area contributed by atoms with Crippen molar-refractivity contribution in [3.05, 3.63) is 64.1 Å². The molecule has 2 nitrogen and oxygen atoms in total. The molecular weight excluding hydrogens is 314 g/mol. The van der Waals surface area contributed by atoms with E-state index in [1.807, 2.05) is 24.3 Å². The second-order valence-corrected chi connectivity index (χ2v) is 6.30. The fourth-order valence-electron chi connectivity index (χ4n) is 3.06. The van der Waals surface area contributed by atoms with Crippen LogP contribution in [0.2, 0.25) is 0 Å². The number of fused-ring (bicyclic) bond motifs is 1. The fraction of sp³-hybridized carbons (Fsp3) is 0.294. The summed E-state index contributed by atoms with van der Waals surface area (Å²) in [5.74, 6) is 0. The van der Waals surface area contributed by atoms with Gasteiger partial charge in [-0.25, -0.2) is 0 Å². The van der Waals surface area contributed by atoms with E-state index in [9.17, 15) is 5.11 Å². The summed E-state index contributed by atoms with van der Waals surface area (Å²) in [6.07, 6.45) is 3.15. The Kier molecular flexibility index (Phi) is 3.81. The maximum atomic E-state index is 10.0. The first kappa shape index (κ1) is 13.7. The normalized spacial score (nSPS) is 21.3. The molecule has 0 heterocycles. The van der Waals surface area contributed by atoms with E-state index >= 15 is 0 Å². The first-order valence-electron chi connectivity index (χ1n) is 6.96. The number of aryl methyl sites for hydroxylation is 1. The zero-order valence-corrected chi connectivity index (χ0v) is 12.9. The van der Waals surface area contributed by atoms with Crippen LogP contribution in [0, 0.1) is 0 Å². The van der Waals surface area contributed by atoms with Crippen LogP contribution in [0.1, 0.15) is 24.0 Å². The molecule has 1 atom stereocenters. The maximum Gasteiger partial charge on any atom is 0.0859 e. The Balaban J connectivity index is 1.98. The average molecular weight is 332 g/mol. The fourth-order valence-corrected chi connectivity index (χ4v) is 3.33. The van der Waals surface area contributed by atoms with Crippen LogP contribution < -0.4 is 5.32 Å². The van der Waals surface area contributed by atoms with Gasteiger partial charge in [0, 0.05) is 10.2 Å². The maximum absolute atomic E-state index is 10.0. The van der Waals surface area contributed by atoms with E-state index < -0.39 is 0 Å². The number of hydrogen-bond acceptors (Lipinski definition) is 2. The Bertz CT molecular complexity index is 596. The van der Waals surface area contributed by atoms with E-state index in [0.717, 1.165) is 29.4 Å². The van der Waals surface area contributed by atoms with Gasteiger partial charge in [0.05, 0.1) is 12.1 Å². The summed E-state index contributed by atoms with van der Waals surface area (Å²) in [4.78, 5) is 0. The molecule has 0 saturated carbocycles. The number of benzene rings is 2. The largest absolute Gasteiger partial charge is 0.394 e. The highest BCUT2D eigenvalue weighted by Crippen LogP contribution is 2.37. The Labute approximate surface area is 128 Å². The number of aliphatic hydroxyl groups is 1. The van der Waals surface area contributed by atoms with Crippen molar-refractivity contribution in [1.29, 1.82) is 0 Å². The average Bonchev–Trinajstić information content (AvgIpc) is 2.50. The summed E-state index contributed by atoms with van der Waals surface area (Å²) in [6.45, 7) is 0.111. The van der Waals surface area contributed by atoms with Gasteiger partial charge in [0.2, 0.25) is 0 Å². The molecule has 0 bridgehead atoms. The molecule has 20 heavy (non-hydrogen) atoms. The molecule has 0 saturated heterocycles. The molecule has 0 radical (unpaired) electrons. The number of rotatable bonds is 3. The number of aliphatic hydroxyl groups excluding tert-OH is 1. The number of anilines is 1. The van der Waals surface area contributed by atoms with Gasteiger partial charge in [0.15, 0.2) is 0 Å². The number of halogens is 1. The molecule has 1 aliphatic rings. The summed E-state index contributed by atoms with van der Waals surface area (Å²) in [7, 11) is 0. The van der Waals surface area contributed by atoms with E-state index in [2.05, 4.69) is 45.5 Å². The first-order chi connectivity index (χ1) is 9.73. The summed E-state index contributed by atoms with van der Waals surface area (Å²) in [6, 6.07) is 16.5. The Morgan fingerprint density at radius 3 is 2.60 bits per heavy atom. The quantitative estimate of drug-likeness (QED) is 0.887. The van der Waals surface area contributed by atoms with E-state index in [4.69, 9.17) is 0 Å². The molecule has 0 aliphatic heterocycles. The molecule has 1 unspecified atom stereocenters. The SMILES string of the molecule is OCC1(Nc2ccc(Br)cc2)CCCc2ccccc21. The van der Waals surface area contributed by atoms with Crippen LogP contribution in [0.3, 0.4) is 0 Å². The van der Waals surface area contributed by atoms with Gasteiger partial charge in [-0.1, -0.05) is 40.2 Å². The van der Waals surface area contributed by atoms with Crippen molar-refractivity contribution in [3.63, 3.8) is 0 Å². The first-order valence-corrected chi connectivity index (χ1v) is 7.76. The van der Waals surface area contributed by atoms with Gasteiger partial charge in [0.1, 0.15) is 0 Å². The van der Waals surface area contributed by atoms with Crippen LogP contribution >= 0.6 is 15.9 Å². The Morgan fingerprint density at radius 2 is 1.85 bits per heavy atom. The predicted molar refractivity (Wildman–Crippen MR) is 85.9 cm³/mol. The molecule has 1 aliphatic carbocycles. The number of nitrogens with one attached hydrogen (secondary N) is 1. The van der Waals surface area contributed by atoms with Gasteiger partial charge in [-0.2, -0.15) is 0 Å². The second kappa shape index (κ2) is 5.58. The van der Waals surface area contributed by atoms with Crippen LogP contribution in [0.5, 0.6) is 0 Å². The zero-order chi connectivity index (χ0) is 14.0. The highest BCUT2D eigenvalue weighted by atomic mass is 79.9. The minimum absolute atomic E-state index is 0.111. The van der Waals surface area contributed by atoms with Crippen LogP contribution in [0.15, 0.2) is 53.0 Å². The van der Waals surface area contributed by atoms with E-state index in [1.54, 1.807) is 0 Å². The molecule has 0 fully saturated rings. The molecule has 0 aromatic heterocycles. The minimum Gasteiger partial charge on any atom is -0.394 e. The van der Waals surface area contributed by atoms with Crippen molar-refractivity contribution in [3.8, 4) is 0 Å². The minimum atomic E-state index is -0.358. The van der Waals surface area contributed by atoms with Crippen molar-refractivity contribution < 1.29 is 5.11 Å². The van der Waals surface area contributed by atoms with Crippen molar-refractivity contribution in [2.45, 2.75) is 24.8 Å². The Hall–Kier alpha value is -1.32. The molecule has 2 N–H and O–H groups in total. The van der Waals surface area contributed by atoms with Crippen molar-refractivity contribution in [1.82, 2.24) is 0 Å². The van der Waals surface area contributed by atoms with Gasteiger partial charge in [-0.3, -0.25) is 0 Å². The zero-order valence-electron chi connectivity index (χ0n) is 11.3. The molecule has 2 aromatic carbocycles. The topological polar surface area (TPSA) is 32.3 Å². The van der Waals surface area contributed by atoms with Crippen LogP contribution in [0.4, 0.5) is 5.69 Å². The third kappa shape index (κ3) is 2.48. The van der Waals surface area contributed by atoms with Gasteiger partial charge in [0.25, 0.3) is 0 Å². The van der Waals surface area contributed by atoms with E-state index in [-0.39, 0.29) is 12.1 Å². The Morgan fingerprint density at radius 1 is 1.10 bits per heavy atom. The van der Waals surface area contributed by atoms with Gasteiger partial charge in [-0.15, -0.1) is 0 Å². The van der Waals surface area contributed by atoms with Gasteiger partial charge in [-0.05, 0) is 54.7 Å². The van der Waals surface area contributed by atoms with Crippen LogP contribution in [-0.4, -0.2) is 11.7 Å². The smallest absolute Gasteiger partial charge is 0.0859 e. The molecule has 0 spiro atoms. The molecule has 3 rings (SSSR count). The van der Waals surface area contributed by atoms with Gasteiger partial charge < -0.3 is 10.4 Å². The van der Waals surface area contributed by atoms with E-state index in [0.29, 0.717) is 0 Å². The summed E-state index contributed by atoms with van der Waals surface area (Å²) < 4.78 is 1.06. The summed E-state index contributed by atoms with van der Waals surface area (Å²) in [5.41, 5.74) is 3.26. The van der Waals surface area contributed by atoms with Crippen LogP contribution in [0.25, 0.3) is 0 Å². The highest BCUT2D eigenvalue weighted by molar-refractivity contribution is 9.10. The van der Waals surface area contributed by atoms with Crippen molar-refractivity contribution >= 4 is 21.6 Å². The molecular formula is C17H18BrNO. The third-order valence-corrected chi connectivity index (χ3v) is 4.61. The number of hydrogen-bond donors (Lipinski definition) is 2. The predicted octanol–water partition coefficient (Wildman–Crippen LogP) is 4.09. The molecule has 3 heteroatoms. The standard InChI is InChI=1S/C17H18BrNO/c18-14-7-9-15(10-8-14)19-17(12-20)11-3-5-13-4-1-2-6-16(13)17/h1-2,4,6-10,19-20H,3,5,11-12H2. The van der Waals surface area contributed by atoms with Crippen LogP contribution in [-0.2, 0) is 12.0 Å². The van der Waals surface area contributed by atoms with E-state index in [1.165, 1.54) is 11.1 Å². The molecule has 104 valence electrons. The van der Waals surface area contributed by atoms with Gasteiger partial charge >= 0.3 is 0 Å². The third-order valence-electron chi connectivity index (χ3n) is 4.08. The molecule has 2 aromatic rings. The lowest BCUT2D eigenvalue weighted by atomic mass is 9.77. The van der Waals surface area contributed by atoms with Crippen molar-refractivity contribution in [2.75, 3.05) is 11.9 Å². The lowest BCUT2D eigenvalue weighted by molar-refractivity contribution is 0.194. The molecule has 0 amide bonds. The highest BCUT2D eigenvalue weighted by Gasteiger charge is 2.35.